The van der Waals surface area contributed by atoms with E-state index in [0.29, 0.717) is 26.1 Å². The molecule has 0 spiro atoms. The van der Waals surface area contributed by atoms with E-state index >= 15 is 0 Å². The number of anilines is 1. The predicted octanol–water partition coefficient (Wildman–Crippen LogP) is 3.22. The van der Waals surface area contributed by atoms with E-state index in [1.807, 2.05) is 0 Å². The molecule has 6 heteroatoms. The molecule has 1 amide bonds. The normalized spacial score (nSPS) is 20.6. The second kappa shape index (κ2) is 9.80. The van der Waals surface area contributed by atoms with E-state index in [9.17, 15) is 4.79 Å². The molecule has 0 radical (unpaired) electrons. The van der Waals surface area contributed by atoms with E-state index in [1.165, 1.54) is 36.9 Å². The summed E-state index contributed by atoms with van der Waals surface area (Å²) in [5.74, 6) is -0.196. The number of rotatable bonds is 8. The second-order valence-corrected chi connectivity index (χ2v) is 9.09. The zero-order valence-corrected chi connectivity index (χ0v) is 17.3. The van der Waals surface area contributed by atoms with Crippen molar-refractivity contribution >= 4 is 23.5 Å². The topological polar surface area (TPSA) is 58.8 Å². The second-order valence-electron chi connectivity index (χ2n) is 7.61. The molecule has 2 aliphatic heterocycles. The number of unbranched alkanes of at least 4 members (excludes halogenated alkanes) is 2. The molecule has 2 fully saturated rings. The maximum Gasteiger partial charge on any atom is 0.235 e. The van der Waals surface area contributed by atoms with Gasteiger partial charge in [-0.15, -0.1) is 0 Å². The van der Waals surface area contributed by atoms with Crippen LogP contribution < -0.4 is 10.6 Å². The molecule has 0 saturated carbocycles. The maximum atomic E-state index is 12.1. The summed E-state index contributed by atoms with van der Waals surface area (Å²) >= 11 is 1.66. The average Bonchev–Trinajstić information content (AvgIpc) is 2.70. The molecule has 0 aromatic heterocycles. The standard InChI is InChI=1S/C21H33N3O2S/c1-2-3-4-6-18-7-5-8-19(17-18)23-11-13-24(14-12-23)27-21(20(22)25)9-15-26-16-10-21/h5,7-8,17H,2-4,6,9-16H2,1H3,(H2,22,25). The van der Waals surface area contributed by atoms with Gasteiger partial charge in [0.1, 0.15) is 4.75 Å². The third-order valence-corrected chi connectivity index (χ3v) is 7.22. The summed E-state index contributed by atoms with van der Waals surface area (Å²) in [6.07, 6.45) is 6.43. The summed E-state index contributed by atoms with van der Waals surface area (Å²) in [6.45, 7) is 7.35. The van der Waals surface area contributed by atoms with Gasteiger partial charge in [-0.05, 0) is 43.4 Å². The molecule has 1 aromatic rings. The van der Waals surface area contributed by atoms with E-state index in [0.717, 1.165) is 26.2 Å². The van der Waals surface area contributed by atoms with Crippen LogP contribution in [0.3, 0.4) is 0 Å². The molecule has 0 atom stereocenters. The first-order chi connectivity index (χ1) is 13.1. The number of carbonyl (C=O) groups excluding carboxylic acids is 1. The van der Waals surface area contributed by atoms with Crippen LogP contribution in [0.15, 0.2) is 24.3 Å². The molecule has 150 valence electrons. The quantitative estimate of drug-likeness (QED) is 0.545. The first-order valence-electron chi connectivity index (χ1n) is 10.3. The van der Waals surface area contributed by atoms with Crippen molar-refractivity contribution in [2.24, 2.45) is 5.73 Å². The van der Waals surface area contributed by atoms with Gasteiger partial charge in [0, 0.05) is 45.1 Å². The molecule has 2 N–H and O–H groups in total. The molecule has 27 heavy (non-hydrogen) atoms. The Morgan fingerprint density at radius 3 is 2.59 bits per heavy atom. The molecule has 0 unspecified atom stereocenters. The first kappa shape index (κ1) is 20.5. The highest BCUT2D eigenvalue weighted by Gasteiger charge is 2.41. The molecular weight excluding hydrogens is 358 g/mol. The minimum Gasteiger partial charge on any atom is -0.381 e. The van der Waals surface area contributed by atoms with Gasteiger partial charge in [0.25, 0.3) is 0 Å². The zero-order valence-electron chi connectivity index (χ0n) is 16.5. The van der Waals surface area contributed by atoms with E-state index < -0.39 is 4.75 Å². The van der Waals surface area contributed by atoms with Crippen molar-refractivity contribution in [3.05, 3.63) is 29.8 Å². The largest absolute Gasteiger partial charge is 0.381 e. The van der Waals surface area contributed by atoms with Crippen LogP contribution in [0.4, 0.5) is 5.69 Å². The van der Waals surface area contributed by atoms with Crippen molar-refractivity contribution in [1.82, 2.24) is 4.31 Å². The fourth-order valence-corrected chi connectivity index (χ4v) is 5.14. The first-order valence-corrected chi connectivity index (χ1v) is 11.1. The van der Waals surface area contributed by atoms with Crippen molar-refractivity contribution in [1.29, 1.82) is 0 Å². The number of carbonyl (C=O) groups is 1. The van der Waals surface area contributed by atoms with Crippen molar-refractivity contribution < 1.29 is 9.53 Å². The number of piperazine rings is 1. The summed E-state index contributed by atoms with van der Waals surface area (Å²) in [6, 6.07) is 8.99. The van der Waals surface area contributed by atoms with Crippen LogP contribution in [0.25, 0.3) is 0 Å². The number of hydrogen-bond donors (Lipinski definition) is 1. The summed E-state index contributed by atoms with van der Waals surface area (Å²) in [7, 11) is 0. The summed E-state index contributed by atoms with van der Waals surface area (Å²) in [4.78, 5) is 14.5. The molecule has 3 rings (SSSR count). The number of aryl methyl sites for hydroxylation is 1. The lowest BCUT2D eigenvalue weighted by atomic mass is 9.98. The van der Waals surface area contributed by atoms with Gasteiger partial charge in [-0.2, -0.15) is 0 Å². The predicted molar refractivity (Wildman–Crippen MR) is 113 cm³/mol. The number of ether oxygens (including phenoxy) is 1. The van der Waals surface area contributed by atoms with E-state index in [4.69, 9.17) is 10.5 Å². The Hall–Kier alpha value is -1.24. The highest BCUT2D eigenvalue weighted by Crippen LogP contribution is 2.38. The van der Waals surface area contributed by atoms with E-state index in [-0.39, 0.29) is 5.91 Å². The summed E-state index contributed by atoms with van der Waals surface area (Å²) in [5.41, 5.74) is 8.51. The monoisotopic (exact) mass is 391 g/mol. The number of primary amides is 1. The van der Waals surface area contributed by atoms with Crippen LogP contribution in [0.5, 0.6) is 0 Å². The van der Waals surface area contributed by atoms with Crippen LogP contribution in [0.1, 0.15) is 44.6 Å². The van der Waals surface area contributed by atoms with Crippen molar-refractivity contribution in [3.8, 4) is 0 Å². The van der Waals surface area contributed by atoms with Gasteiger partial charge in [0.15, 0.2) is 0 Å². The molecule has 2 saturated heterocycles. The van der Waals surface area contributed by atoms with Gasteiger partial charge < -0.3 is 15.4 Å². The van der Waals surface area contributed by atoms with E-state index in [1.54, 1.807) is 11.9 Å². The Balaban J connectivity index is 1.54. The fourth-order valence-electron chi connectivity index (χ4n) is 3.86. The van der Waals surface area contributed by atoms with Crippen LogP contribution in [0.2, 0.25) is 0 Å². The van der Waals surface area contributed by atoms with Gasteiger partial charge in [0.05, 0.1) is 0 Å². The Kier molecular flexibility index (Phi) is 7.44. The SMILES string of the molecule is CCCCCc1cccc(N2CCN(SC3(C(N)=O)CCOCC3)CC2)c1. The molecular formula is C21H33N3O2S. The minimum absolute atomic E-state index is 0.196. The number of benzene rings is 1. The van der Waals surface area contributed by atoms with Crippen LogP contribution in [-0.4, -0.2) is 54.4 Å². The Labute approximate surface area is 167 Å². The number of hydrogen-bond acceptors (Lipinski definition) is 5. The fraction of sp³-hybridized carbons (Fsp3) is 0.667. The van der Waals surface area contributed by atoms with Gasteiger partial charge in [-0.3, -0.25) is 4.79 Å². The zero-order chi connectivity index (χ0) is 19.1. The van der Waals surface area contributed by atoms with Gasteiger partial charge in [0.2, 0.25) is 5.91 Å². The van der Waals surface area contributed by atoms with Gasteiger partial charge in [-0.1, -0.05) is 43.8 Å². The lowest BCUT2D eigenvalue weighted by molar-refractivity contribution is -0.122. The highest BCUT2D eigenvalue weighted by molar-refractivity contribution is 7.99. The summed E-state index contributed by atoms with van der Waals surface area (Å²) in [5, 5.41) is 0. The van der Waals surface area contributed by atoms with Crippen molar-refractivity contribution in [3.63, 3.8) is 0 Å². The van der Waals surface area contributed by atoms with Crippen LogP contribution in [-0.2, 0) is 16.0 Å². The highest BCUT2D eigenvalue weighted by atomic mass is 32.2. The van der Waals surface area contributed by atoms with Gasteiger partial charge in [-0.25, -0.2) is 4.31 Å². The minimum atomic E-state index is -0.486. The lowest BCUT2D eigenvalue weighted by Gasteiger charge is -2.41. The molecule has 0 aliphatic carbocycles. The van der Waals surface area contributed by atoms with Gasteiger partial charge >= 0.3 is 0 Å². The Bertz CT molecular complexity index is 611. The lowest BCUT2D eigenvalue weighted by Crippen LogP contribution is -2.51. The smallest absolute Gasteiger partial charge is 0.235 e. The summed E-state index contributed by atoms with van der Waals surface area (Å²) < 4.78 is 7.28. The number of nitrogens with zero attached hydrogens (tertiary/aromatic N) is 2. The third kappa shape index (κ3) is 5.39. The number of nitrogens with two attached hydrogens (primary N) is 1. The average molecular weight is 392 g/mol. The number of amides is 1. The Morgan fingerprint density at radius 1 is 1.19 bits per heavy atom. The molecule has 0 bridgehead atoms. The molecule has 2 heterocycles. The van der Waals surface area contributed by atoms with Crippen LogP contribution >= 0.6 is 11.9 Å². The Morgan fingerprint density at radius 2 is 1.93 bits per heavy atom. The van der Waals surface area contributed by atoms with E-state index in [2.05, 4.69) is 40.4 Å². The maximum absolute atomic E-state index is 12.1. The molecule has 2 aliphatic rings. The van der Waals surface area contributed by atoms with Crippen molar-refractivity contribution in [2.75, 3.05) is 44.3 Å². The van der Waals surface area contributed by atoms with Crippen molar-refractivity contribution in [2.45, 2.75) is 50.2 Å². The molecule has 1 aromatic carbocycles. The molecule has 5 nitrogen and oxygen atoms in total. The van der Waals surface area contributed by atoms with Crippen LogP contribution in [0, 0.1) is 0 Å². The third-order valence-electron chi connectivity index (χ3n) is 5.64.